The Kier molecular flexibility index (Phi) is 3.77. The van der Waals surface area contributed by atoms with Gasteiger partial charge in [0.15, 0.2) is 11.5 Å². The molecule has 0 radical (unpaired) electrons. The Morgan fingerprint density at radius 3 is 2.65 bits per heavy atom. The maximum Gasteiger partial charge on any atom is 0.209 e. The van der Waals surface area contributed by atoms with Gasteiger partial charge in [-0.05, 0) is 42.9 Å². The molecule has 23 heavy (non-hydrogen) atoms. The molecule has 0 saturated heterocycles. The third-order valence-electron chi connectivity index (χ3n) is 4.76. The second-order valence-corrected chi connectivity index (χ2v) is 7.46. The third-order valence-corrected chi connectivity index (χ3v) is 4.76. The monoisotopic (exact) mass is 313 g/mol. The molecule has 0 unspecified atom stereocenters. The van der Waals surface area contributed by atoms with E-state index in [-0.39, 0.29) is 5.41 Å². The highest BCUT2D eigenvalue weighted by Gasteiger charge is 2.36. The predicted octanol–water partition coefficient (Wildman–Crippen LogP) is 2.25. The van der Waals surface area contributed by atoms with Crippen molar-refractivity contribution >= 4 is 17.0 Å². The lowest BCUT2D eigenvalue weighted by atomic mass is 9.68. The minimum atomic E-state index is -0.958. The van der Waals surface area contributed by atoms with E-state index < -0.39 is 5.60 Å². The minimum Gasteiger partial charge on any atom is -0.382 e. The Morgan fingerprint density at radius 2 is 2.00 bits per heavy atom. The zero-order valence-corrected chi connectivity index (χ0v) is 13.8. The van der Waals surface area contributed by atoms with Crippen molar-refractivity contribution in [3.63, 3.8) is 0 Å². The molecule has 4 N–H and O–H groups in total. The van der Waals surface area contributed by atoms with Gasteiger partial charge in [-0.3, -0.25) is 0 Å². The number of H-pyrrole nitrogens is 1. The summed E-state index contributed by atoms with van der Waals surface area (Å²) in [5.41, 5.74) is 6.28. The lowest BCUT2D eigenvalue weighted by molar-refractivity contribution is 0.0213. The van der Waals surface area contributed by atoms with Crippen LogP contribution >= 0.6 is 0 Å². The number of anilines is 1. The van der Waals surface area contributed by atoms with Crippen molar-refractivity contribution < 1.29 is 5.11 Å². The standard InChI is InChI=1S/C17H23N5O/c1-16(2,3)11-4-7-17(23,8-5-11)9-6-12-21-14(18)13-15(22-12)20-10-19-13/h10-11,23H,4-5,7-8H2,1-3H3,(H3,18,19,20,21,22). The van der Waals surface area contributed by atoms with Gasteiger partial charge >= 0.3 is 0 Å². The van der Waals surface area contributed by atoms with E-state index in [4.69, 9.17) is 5.73 Å². The molecule has 122 valence electrons. The van der Waals surface area contributed by atoms with E-state index in [0.29, 0.717) is 41.6 Å². The van der Waals surface area contributed by atoms with Crippen LogP contribution in [-0.2, 0) is 0 Å². The topological polar surface area (TPSA) is 101 Å². The maximum atomic E-state index is 10.7. The van der Waals surface area contributed by atoms with Gasteiger partial charge in [-0.1, -0.05) is 26.7 Å². The number of aliphatic hydroxyl groups is 1. The molecule has 1 aliphatic rings. The van der Waals surface area contributed by atoms with Crippen LogP contribution in [0.5, 0.6) is 0 Å². The molecule has 0 aliphatic heterocycles. The van der Waals surface area contributed by atoms with Crippen LogP contribution in [0.4, 0.5) is 5.82 Å². The molecule has 0 atom stereocenters. The highest BCUT2D eigenvalue weighted by atomic mass is 16.3. The van der Waals surface area contributed by atoms with Crippen LogP contribution in [0.1, 0.15) is 52.3 Å². The number of aromatic nitrogens is 4. The summed E-state index contributed by atoms with van der Waals surface area (Å²) in [4.78, 5) is 15.4. The highest BCUT2D eigenvalue weighted by molar-refractivity contribution is 5.81. The molecular formula is C17H23N5O. The average Bonchev–Trinajstić information content (AvgIpc) is 2.94. The van der Waals surface area contributed by atoms with Gasteiger partial charge < -0.3 is 15.8 Å². The zero-order chi connectivity index (χ0) is 16.7. The van der Waals surface area contributed by atoms with Crippen molar-refractivity contribution in [2.75, 3.05) is 5.73 Å². The van der Waals surface area contributed by atoms with E-state index in [1.165, 1.54) is 6.33 Å². The average molecular weight is 313 g/mol. The molecule has 2 aromatic heterocycles. The van der Waals surface area contributed by atoms with E-state index in [1.54, 1.807) is 0 Å². The summed E-state index contributed by atoms with van der Waals surface area (Å²) < 4.78 is 0. The quantitative estimate of drug-likeness (QED) is 0.648. The molecule has 0 spiro atoms. The molecule has 6 nitrogen and oxygen atoms in total. The number of nitrogen functional groups attached to an aromatic ring is 1. The molecular weight excluding hydrogens is 290 g/mol. The van der Waals surface area contributed by atoms with Crippen LogP contribution in [0.2, 0.25) is 0 Å². The zero-order valence-electron chi connectivity index (χ0n) is 13.8. The van der Waals surface area contributed by atoms with Gasteiger partial charge in [0.2, 0.25) is 5.82 Å². The number of fused-ring (bicyclic) bond motifs is 1. The molecule has 1 aliphatic carbocycles. The molecule has 0 amide bonds. The largest absolute Gasteiger partial charge is 0.382 e. The van der Waals surface area contributed by atoms with Crippen LogP contribution in [0, 0.1) is 23.2 Å². The summed E-state index contributed by atoms with van der Waals surface area (Å²) in [6.45, 7) is 6.76. The minimum absolute atomic E-state index is 0.275. The van der Waals surface area contributed by atoms with Crippen molar-refractivity contribution in [2.24, 2.45) is 11.3 Å². The number of hydrogen-bond donors (Lipinski definition) is 3. The van der Waals surface area contributed by atoms with E-state index in [2.05, 4.69) is 52.5 Å². The second-order valence-electron chi connectivity index (χ2n) is 7.46. The molecule has 3 rings (SSSR count). The number of imidazole rings is 1. The van der Waals surface area contributed by atoms with Gasteiger partial charge in [0.1, 0.15) is 11.1 Å². The summed E-state index contributed by atoms with van der Waals surface area (Å²) in [6.07, 6.45) is 4.85. The van der Waals surface area contributed by atoms with Gasteiger partial charge in [0, 0.05) is 0 Å². The molecule has 6 heteroatoms. The molecule has 1 saturated carbocycles. The third kappa shape index (κ3) is 3.30. The Labute approximate surface area is 135 Å². The Bertz CT molecular complexity index is 770. The Morgan fingerprint density at radius 1 is 1.30 bits per heavy atom. The Hall–Kier alpha value is -2.13. The number of hydrogen-bond acceptors (Lipinski definition) is 5. The second kappa shape index (κ2) is 5.50. The molecule has 1 fully saturated rings. The number of nitrogens with one attached hydrogen (secondary N) is 1. The predicted molar refractivity (Wildman–Crippen MR) is 89.3 cm³/mol. The first-order chi connectivity index (χ1) is 10.8. The number of rotatable bonds is 0. The van der Waals surface area contributed by atoms with Crippen molar-refractivity contribution in [1.29, 1.82) is 0 Å². The normalized spacial score (nSPS) is 25.1. The van der Waals surface area contributed by atoms with E-state index >= 15 is 0 Å². The van der Waals surface area contributed by atoms with Gasteiger partial charge in [-0.2, -0.15) is 4.98 Å². The Balaban J connectivity index is 1.78. The van der Waals surface area contributed by atoms with Gasteiger partial charge in [0.05, 0.1) is 6.33 Å². The summed E-state index contributed by atoms with van der Waals surface area (Å²) in [5, 5.41) is 10.7. The van der Waals surface area contributed by atoms with Crippen molar-refractivity contribution in [3.8, 4) is 11.8 Å². The first-order valence-corrected chi connectivity index (χ1v) is 7.99. The van der Waals surface area contributed by atoms with E-state index in [9.17, 15) is 5.11 Å². The van der Waals surface area contributed by atoms with Crippen molar-refractivity contribution in [2.45, 2.75) is 52.1 Å². The maximum absolute atomic E-state index is 10.7. The summed E-state index contributed by atoms with van der Waals surface area (Å²) in [5.74, 6) is 7.07. The van der Waals surface area contributed by atoms with Crippen LogP contribution in [-0.4, -0.2) is 30.6 Å². The summed E-state index contributed by atoms with van der Waals surface area (Å²) in [7, 11) is 0. The lowest BCUT2D eigenvalue weighted by Crippen LogP contribution is -2.36. The fraction of sp³-hybridized carbons (Fsp3) is 0.588. The SMILES string of the molecule is CC(C)(C)C1CCC(O)(C#Cc2nc(N)c3[nH]cnc3n2)CC1. The van der Waals surface area contributed by atoms with Crippen LogP contribution in [0.15, 0.2) is 6.33 Å². The van der Waals surface area contributed by atoms with E-state index in [0.717, 1.165) is 12.8 Å². The molecule has 2 heterocycles. The number of nitrogens with two attached hydrogens (primary N) is 1. The molecule has 0 aromatic carbocycles. The van der Waals surface area contributed by atoms with Crippen LogP contribution in [0.3, 0.4) is 0 Å². The molecule has 0 bridgehead atoms. The number of nitrogens with zero attached hydrogens (tertiary/aromatic N) is 3. The highest BCUT2D eigenvalue weighted by Crippen LogP contribution is 2.41. The van der Waals surface area contributed by atoms with Crippen LogP contribution < -0.4 is 5.73 Å². The first-order valence-electron chi connectivity index (χ1n) is 7.99. The number of aromatic amines is 1. The first kappa shape index (κ1) is 15.8. The van der Waals surface area contributed by atoms with Gasteiger partial charge in [-0.25, -0.2) is 9.97 Å². The summed E-state index contributed by atoms with van der Waals surface area (Å²) >= 11 is 0. The fourth-order valence-electron chi connectivity index (χ4n) is 3.17. The van der Waals surface area contributed by atoms with Crippen molar-refractivity contribution in [1.82, 2.24) is 19.9 Å². The van der Waals surface area contributed by atoms with Gasteiger partial charge in [0.25, 0.3) is 0 Å². The van der Waals surface area contributed by atoms with E-state index in [1.807, 2.05) is 0 Å². The van der Waals surface area contributed by atoms with Crippen molar-refractivity contribution in [3.05, 3.63) is 12.2 Å². The summed E-state index contributed by atoms with van der Waals surface area (Å²) in [6, 6.07) is 0. The fourth-order valence-corrected chi connectivity index (χ4v) is 3.17. The lowest BCUT2D eigenvalue weighted by Gasteiger charge is -2.39. The smallest absolute Gasteiger partial charge is 0.209 e. The van der Waals surface area contributed by atoms with Gasteiger partial charge in [-0.15, -0.1) is 0 Å². The molecule has 2 aromatic rings. The van der Waals surface area contributed by atoms with Crippen LogP contribution in [0.25, 0.3) is 11.2 Å².